The molecule has 0 aliphatic heterocycles. The number of aromatic nitrogens is 2. The molecule has 1 amide bonds. The molecule has 0 aliphatic rings. The van der Waals surface area contributed by atoms with Crippen molar-refractivity contribution in [3.05, 3.63) is 70.2 Å². The maximum atomic E-state index is 11.9. The van der Waals surface area contributed by atoms with Crippen molar-refractivity contribution in [1.29, 1.82) is 0 Å². The third kappa shape index (κ3) is 4.82. The van der Waals surface area contributed by atoms with E-state index in [0.717, 1.165) is 10.0 Å². The summed E-state index contributed by atoms with van der Waals surface area (Å²) in [4.78, 5) is 23.1. The molecule has 0 fully saturated rings. The molecule has 7 nitrogen and oxygen atoms in total. The van der Waals surface area contributed by atoms with Crippen LogP contribution in [0.4, 0.5) is 10.6 Å². The first-order valence-corrected chi connectivity index (χ1v) is 8.60. The number of nitrogens with zero attached hydrogens (tertiary/aromatic N) is 2. The summed E-state index contributed by atoms with van der Waals surface area (Å²) in [6.07, 6.45) is 1.11. The molecule has 0 aliphatic carbocycles. The van der Waals surface area contributed by atoms with Gasteiger partial charge in [-0.1, -0.05) is 28.1 Å². The third-order valence-electron chi connectivity index (χ3n) is 3.48. The Balaban J connectivity index is 1.51. The van der Waals surface area contributed by atoms with Crippen molar-refractivity contribution in [1.82, 2.24) is 9.78 Å². The number of nitrogens with one attached hydrogen (secondary N) is 1. The minimum Gasteiger partial charge on any atom is -0.456 e. The SMILES string of the molecule is CC(=O)c1ccc(Cn2ccc(NC(=O)OCc3ccc(Br)cc3)n2)o1. The number of Topliss-reactive ketones (excluding diaryl/α,β-unsaturated/α-hetero) is 1. The quantitative estimate of drug-likeness (QED) is 0.606. The second kappa shape index (κ2) is 8.01. The van der Waals surface area contributed by atoms with Gasteiger partial charge in [0.05, 0.1) is 6.54 Å². The monoisotopic (exact) mass is 417 g/mol. The lowest BCUT2D eigenvalue weighted by atomic mass is 10.2. The molecule has 3 rings (SSSR count). The minimum atomic E-state index is -0.588. The van der Waals surface area contributed by atoms with Gasteiger partial charge in [0.25, 0.3) is 0 Å². The number of halogens is 1. The molecule has 0 atom stereocenters. The van der Waals surface area contributed by atoms with Gasteiger partial charge in [-0.25, -0.2) is 4.79 Å². The van der Waals surface area contributed by atoms with E-state index < -0.39 is 6.09 Å². The summed E-state index contributed by atoms with van der Waals surface area (Å²) >= 11 is 3.35. The van der Waals surface area contributed by atoms with Crippen LogP contribution in [0.2, 0.25) is 0 Å². The summed E-state index contributed by atoms with van der Waals surface area (Å²) in [5.41, 5.74) is 0.882. The van der Waals surface area contributed by atoms with E-state index in [4.69, 9.17) is 9.15 Å². The Morgan fingerprint density at radius 2 is 1.96 bits per heavy atom. The fraction of sp³-hybridized carbons (Fsp3) is 0.167. The van der Waals surface area contributed by atoms with E-state index in [9.17, 15) is 9.59 Å². The highest BCUT2D eigenvalue weighted by molar-refractivity contribution is 9.10. The van der Waals surface area contributed by atoms with E-state index in [1.807, 2.05) is 24.3 Å². The van der Waals surface area contributed by atoms with E-state index in [2.05, 4.69) is 26.3 Å². The molecule has 0 saturated heterocycles. The van der Waals surface area contributed by atoms with Gasteiger partial charge < -0.3 is 9.15 Å². The van der Waals surface area contributed by atoms with Gasteiger partial charge in [0.15, 0.2) is 17.4 Å². The Morgan fingerprint density at radius 1 is 1.19 bits per heavy atom. The van der Waals surface area contributed by atoms with Crippen LogP contribution in [-0.2, 0) is 17.9 Å². The Hall–Kier alpha value is -2.87. The molecule has 26 heavy (non-hydrogen) atoms. The van der Waals surface area contributed by atoms with Gasteiger partial charge in [0.1, 0.15) is 12.4 Å². The van der Waals surface area contributed by atoms with Gasteiger partial charge in [-0.2, -0.15) is 5.10 Å². The maximum Gasteiger partial charge on any atom is 0.413 e. The molecule has 0 unspecified atom stereocenters. The predicted octanol–water partition coefficient (Wildman–Crippen LogP) is 4.24. The van der Waals surface area contributed by atoms with Crippen LogP contribution in [0.25, 0.3) is 0 Å². The number of hydrogen-bond donors (Lipinski definition) is 1. The molecule has 3 aromatic rings. The molecule has 1 N–H and O–H groups in total. The van der Waals surface area contributed by atoms with Crippen LogP contribution < -0.4 is 5.32 Å². The first-order valence-electron chi connectivity index (χ1n) is 7.81. The summed E-state index contributed by atoms with van der Waals surface area (Å²) in [6, 6.07) is 12.5. The van der Waals surface area contributed by atoms with Crippen molar-refractivity contribution in [3.8, 4) is 0 Å². The summed E-state index contributed by atoms with van der Waals surface area (Å²) in [5, 5.41) is 6.79. The standard InChI is InChI=1S/C18H16BrN3O4/c1-12(23)16-7-6-15(26-16)10-22-9-8-17(21-22)20-18(24)25-11-13-2-4-14(19)5-3-13/h2-9H,10-11H2,1H3,(H,20,21,24). The van der Waals surface area contributed by atoms with Crippen molar-refractivity contribution in [2.24, 2.45) is 0 Å². The van der Waals surface area contributed by atoms with E-state index in [1.54, 1.807) is 29.1 Å². The molecule has 0 spiro atoms. The lowest BCUT2D eigenvalue weighted by Crippen LogP contribution is -2.14. The minimum absolute atomic E-state index is 0.132. The van der Waals surface area contributed by atoms with Crippen LogP contribution in [0.1, 0.15) is 28.8 Å². The smallest absolute Gasteiger partial charge is 0.413 e. The number of rotatable bonds is 6. The van der Waals surface area contributed by atoms with Gasteiger partial charge in [-0.05, 0) is 29.8 Å². The van der Waals surface area contributed by atoms with Crippen LogP contribution >= 0.6 is 15.9 Å². The van der Waals surface area contributed by atoms with E-state index in [0.29, 0.717) is 23.9 Å². The first-order chi connectivity index (χ1) is 12.5. The van der Waals surface area contributed by atoms with Gasteiger partial charge in [-0.3, -0.25) is 14.8 Å². The summed E-state index contributed by atoms with van der Waals surface area (Å²) < 4.78 is 13.1. The number of ketones is 1. The fourth-order valence-corrected chi connectivity index (χ4v) is 2.46. The molecule has 134 valence electrons. The molecule has 8 heteroatoms. The largest absolute Gasteiger partial charge is 0.456 e. The Morgan fingerprint density at radius 3 is 2.65 bits per heavy atom. The normalized spacial score (nSPS) is 10.5. The van der Waals surface area contributed by atoms with Gasteiger partial charge in [0, 0.05) is 23.7 Å². The summed E-state index contributed by atoms with van der Waals surface area (Å²) in [7, 11) is 0. The van der Waals surface area contributed by atoms with Crippen LogP contribution in [0, 0.1) is 0 Å². The molecular formula is C18H16BrN3O4. The molecule has 0 bridgehead atoms. The zero-order valence-corrected chi connectivity index (χ0v) is 15.5. The lowest BCUT2D eigenvalue weighted by molar-refractivity contribution is 0.0985. The van der Waals surface area contributed by atoms with Crippen LogP contribution in [0.5, 0.6) is 0 Å². The number of furan rings is 1. The van der Waals surface area contributed by atoms with Crippen molar-refractivity contribution >= 4 is 33.6 Å². The Kier molecular flexibility index (Phi) is 5.52. The average molecular weight is 418 g/mol. The summed E-state index contributed by atoms with van der Waals surface area (Å²) in [6.45, 7) is 1.96. The number of hydrogen-bond acceptors (Lipinski definition) is 5. The highest BCUT2D eigenvalue weighted by atomic mass is 79.9. The molecule has 2 heterocycles. The van der Waals surface area contributed by atoms with Crippen molar-refractivity contribution in [3.63, 3.8) is 0 Å². The number of carbonyl (C=O) groups is 2. The molecule has 2 aromatic heterocycles. The van der Waals surface area contributed by atoms with Crippen molar-refractivity contribution in [2.45, 2.75) is 20.1 Å². The second-order valence-corrected chi connectivity index (χ2v) is 6.46. The lowest BCUT2D eigenvalue weighted by Gasteiger charge is -2.05. The number of benzene rings is 1. The molecule has 0 saturated carbocycles. The number of carbonyl (C=O) groups excluding carboxylic acids is 2. The van der Waals surface area contributed by atoms with E-state index in [-0.39, 0.29) is 12.4 Å². The number of anilines is 1. The highest BCUT2D eigenvalue weighted by Gasteiger charge is 2.09. The average Bonchev–Trinajstić information content (AvgIpc) is 3.24. The van der Waals surface area contributed by atoms with Crippen molar-refractivity contribution in [2.75, 3.05) is 5.32 Å². The van der Waals surface area contributed by atoms with Gasteiger partial charge >= 0.3 is 6.09 Å². The maximum absolute atomic E-state index is 11.9. The molecule has 0 radical (unpaired) electrons. The van der Waals surface area contributed by atoms with E-state index >= 15 is 0 Å². The topological polar surface area (TPSA) is 86.4 Å². The van der Waals surface area contributed by atoms with Crippen molar-refractivity contribution < 1.29 is 18.7 Å². The zero-order valence-electron chi connectivity index (χ0n) is 13.9. The number of ether oxygens (including phenoxy) is 1. The van der Waals surface area contributed by atoms with E-state index in [1.165, 1.54) is 6.92 Å². The Bertz CT molecular complexity index is 915. The summed E-state index contributed by atoms with van der Waals surface area (Å²) in [5.74, 6) is 1.14. The van der Waals surface area contributed by atoms with Crippen LogP contribution in [-0.4, -0.2) is 21.7 Å². The van der Waals surface area contributed by atoms with Gasteiger partial charge in [-0.15, -0.1) is 0 Å². The zero-order chi connectivity index (χ0) is 18.5. The molecular weight excluding hydrogens is 402 g/mol. The fourth-order valence-electron chi connectivity index (χ4n) is 2.20. The van der Waals surface area contributed by atoms with Crippen LogP contribution in [0.3, 0.4) is 0 Å². The third-order valence-corrected chi connectivity index (χ3v) is 4.01. The van der Waals surface area contributed by atoms with Gasteiger partial charge in [0.2, 0.25) is 0 Å². The first kappa shape index (κ1) is 17.9. The Labute approximate surface area is 158 Å². The highest BCUT2D eigenvalue weighted by Crippen LogP contribution is 2.13. The second-order valence-electron chi connectivity index (χ2n) is 5.55. The predicted molar refractivity (Wildman–Crippen MR) is 98.0 cm³/mol. The molecule has 1 aromatic carbocycles. The number of amides is 1. The van der Waals surface area contributed by atoms with Crippen LogP contribution in [0.15, 0.2) is 57.6 Å².